The van der Waals surface area contributed by atoms with E-state index in [1.165, 1.54) is 16.8 Å². The number of ether oxygens (including phenoxy) is 1. The second-order valence-corrected chi connectivity index (χ2v) is 3.90. The summed E-state index contributed by atoms with van der Waals surface area (Å²) in [6.45, 7) is 1.98. The van der Waals surface area contributed by atoms with Crippen molar-refractivity contribution in [2.75, 3.05) is 5.73 Å². The van der Waals surface area contributed by atoms with Gasteiger partial charge in [-0.2, -0.15) is 4.98 Å². The zero-order valence-corrected chi connectivity index (χ0v) is 9.04. The number of hydrogen-bond acceptors (Lipinski definition) is 5. The fourth-order valence-electron chi connectivity index (χ4n) is 1.86. The Bertz CT molecular complexity index is 432. The highest BCUT2D eigenvalue weighted by atomic mass is 16.5. The molecular weight excluding hydrogens is 210 g/mol. The van der Waals surface area contributed by atoms with Gasteiger partial charge in [0.15, 0.2) is 6.23 Å². The lowest BCUT2D eigenvalue weighted by atomic mass is 10.1. The minimum atomic E-state index is -0.673. The average Bonchev–Trinajstić information content (AvgIpc) is 2.60. The summed E-state index contributed by atoms with van der Waals surface area (Å²) in [7, 11) is 0. The summed E-state index contributed by atoms with van der Waals surface area (Å²) in [5, 5.41) is 9.79. The highest BCUT2D eigenvalue weighted by molar-refractivity contribution is 5.23. The van der Waals surface area contributed by atoms with Crippen molar-refractivity contribution in [3.05, 3.63) is 22.7 Å². The van der Waals surface area contributed by atoms with Gasteiger partial charge in [-0.05, 0) is 12.5 Å². The Kier molecular flexibility index (Phi) is 2.93. The van der Waals surface area contributed by atoms with E-state index in [0.29, 0.717) is 6.42 Å². The molecule has 16 heavy (non-hydrogen) atoms. The average molecular weight is 225 g/mol. The van der Waals surface area contributed by atoms with Crippen molar-refractivity contribution in [3.8, 4) is 0 Å². The largest absolute Gasteiger partial charge is 0.388 e. The van der Waals surface area contributed by atoms with Crippen molar-refractivity contribution in [2.45, 2.75) is 38.2 Å². The molecule has 1 aromatic heterocycles. The topological polar surface area (TPSA) is 90.4 Å². The van der Waals surface area contributed by atoms with Crippen molar-refractivity contribution in [1.82, 2.24) is 9.55 Å². The standard InChI is InChI=1S/C10H15N3O3/c1-2-6-5-7(14)9(16-6)13-4-3-8(11)12-10(13)15/h3-4,6-7,9,14H,2,5H2,1H3,(H2,11,12,15)/t6-,7-,9-/m1/s1. The summed E-state index contributed by atoms with van der Waals surface area (Å²) >= 11 is 0. The van der Waals surface area contributed by atoms with E-state index in [1.807, 2.05) is 6.92 Å². The third kappa shape index (κ3) is 1.94. The zero-order chi connectivity index (χ0) is 11.7. The number of anilines is 1. The lowest BCUT2D eigenvalue weighted by Gasteiger charge is -2.16. The van der Waals surface area contributed by atoms with Gasteiger partial charge in [0.2, 0.25) is 0 Å². The first-order valence-electron chi connectivity index (χ1n) is 5.30. The molecule has 1 saturated heterocycles. The first-order chi connectivity index (χ1) is 7.61. The second kappa shape index (κ2) is 4.23. The van der Waals surface area contributed by atoms with Gasteiger partial charge in [0.05, 0.1) is 6.10 Å². The summed E-state index contributed by atoms with van der Waals surface area (Å²) in [4.78, 5) is 15.1. The number of aliphatic hydroxyl groups is 1. The van der Waals surface area contributed by atoms with Crippen LogP contribution in [0.25, 0.3) is 0 Å². The number of nitrogens with two attached hydrogens (primary N) is 1. The summed E-state index contributed by atoms with van der Waals surface area (Å²) < 4.78 is 6.84. The van der Waals surface area contributed by atoms with Crippen molar-refractivity contribution in [2.24, 2.45) is 0 Å². The molecule has 0 bridgehead atoms. The monoisotopic (exact) mass is 225 g/mol. The molecule has 0 amide bonds. The number of nitrogens with zero attached hydrogens (tertiary/aromatic N) is 2. The molecule has 0 aromatic carbocycles. The van der Waals surface area contributed by atoms with Crippen LogP contribution in [0.3, 0.4) is 0 Å². The van der Waals surface area contributed by atoms with Crippen LogP contribution >= 0.6 is 0 Å². The minimum absolute atomic E-state index is 0.00977. The van der Waals surface area contributed by atoms with Crippen LogP contribution in [-0.4, -0.2) is 26.9 Å². The maximum absolute atomic E-state index is 11.5. The quantitative estimate of drug-likeness (QED) is 0.732. The molecule has 0 spiro atoms. The van der Waals surface area contributed by atoms with Crippen LogP contribution in [0, 0.1) is 0 Å². The normalized spacial score (nSPS) is 29.5. The van der Waals surface area contributed by atoms with Gasteiger partial charge >= 0.3 is 5.69 Å². The number of nitrogen functional groups attached to an aromatic ring is 1. The van der Waals surface area contributed by atoms with E-state index in [2.05, 4.69) is 4.98 Å². The lowest BCUT2D eigenvalue weighted by Crippen LogP contribution is -2.31. The molecule has 6 heteroatoms. The van der Waals surface area contributed by atoms with E-state index in [9.17, 15) is 9.90 Å². The van der Waals surface area contributed by atoms with E-state index in [1.54, 1.807) is 0 Å². The summed E-state index contributed by atoms with van der Waals surface area (Å²) in [6.07, 6.45) is 1.52. The van der Waals surface area contributed by atoms with Crippen molar-refractivity contribution < 1.29 is 9.84 Å². The first-order valence-corrected chi connectivity index (χ1v) is 5.30. The van der Waals surface area contributed by atoms with Crippen LogP contribution in [0.5, 0.6) is 0 Å². The van der Waals surface area contributed by atoms with Gasteiger partial charge in [-0.3, -0.25) is 4.57 Å². The lowest BCUT2D eigenvalue weighted by molar-refractivity contribution is -0.0403. The molecular formula is C10H15N3O3. The van der Waals surface area contributed by atoms with Crippen LogP contribution < -0.4 is 11.4 Å². The van der Waals surface area contributed by atoms with Gasteiger partial charge in [-0.1, -0.05) is 6.92 Å². The molecule has 3 atom stereocenters. The van der Waals surface area contributed by atoms with Crippen LogP contribution in [-0.2, 0) is 4.74 Å². The van der Waals surface area contributed by atoms with Crippen molar-refractivity contribution in [3.63, 3.8) is 0 Å². The smallest absolute Gasteiger partial charge is 0.351 e. The molecule has 0 saturated carbocycles. The third-order valence-electron chi connectivity index (χ3n) is 2.75. The predicted octanol–water partition coefficient (Wildman–Crippen LogP) is -0.116. The summed E-state index contributed by atoms with van der Waals surface area (Å²) in [5.41, 5.74) is 4.89. The van der Waals surface area contributed by atoms with E-state index < -0.39 is 18.0 Å². The maximum Gasteiger partial charge on any atom is 0.351 e. The van der Waals surface area contributed by atoms with E-state index in [0.717, 1.165) is 6.42 Å². The van der Waals surface area contributed by atoms with E-state index in [4.69, 9.17) is 10.5 Å². The highest BCUT2D eigenvalue weighted by Gasteiger charge is 2.34. The molecule has 3 N–H and O–H groups in total. The van der Waals surface area contributed by atoms with Crippen LogP contribution in [0.2, 0.25) is 0 Å². The molecule has 88 valence electrons. The molecule has 1 aliphatic heterocycles. The Balaban J connectivity index is 2.28. The van der Waals surface area contributed by atoms with Gasteiger partial charge in [0.25, 0.3) is 0 Å². The molecule has 1 fully saturated rings. The molecule has 0 aliphatic carbocycles. The van der Waals surface area contributed by atoms with Crippen LogP contribution in [0.1, 0.15) is 26.0 Å². The van der Waals surface area contributed by atoms with Gasteiger partial charge in [-0.25, -0.2) is 4.79 Å². The Morgan fingerprint density at radius 3 is 3.06 bits per heavy atom. The molecule has 2 heterocycles. The Hall–Kier alpha value is -1.40. The molecule has 6 nitrogen and oxygen atoms in total. The third-order valence-corrected chi connectivity index (χ3v) is 2.75. The molecule has 0 unspecified atom stereocenters. The highest BCUT2D eigenvalue weighted by Crippen LogP contribution is 2.29. The van der Waals surface area contributed by atoms with Gasteiger partial charge < -0.3 is 15.6 Å². The van der Waals surface area contributed by atoms with Crippen molar-refractivity contribution in [1.29, 1.82) is 0 Å². The molecule has 1 aromatic rings. The predicted molar refractivity (Wildman–Crippen MR) is 57.7 cm³/mol. The van der Waals surface area contributed by atoms with Crippen molar-refractivity contribution >= 4 is 5.82 Å². The summed E-state index contributed by atoms with van der Waals surface area (Å²) in [5.74, 6) is 0.167. The Labute approximate surface area is 92.7 Å². The number of aromatic nitrogens is 2. The molecule has 1 aliphatic rings. The Morgan fingerprint density at radius 1 is 1.75 bits per heavy atom. The number of hydrogen-bond donors (Lipinski definition) is 2. The molecule has 0 radical (unpaired) electrons. The Morgan fingerprint density at radius 2 is 2.50 bits per heavy atom. The zero-order valence-electron chi connectivity index (χ0n) is 9.04. The van der Waals surface area contributed by atoms with Gasteiger partial charge in [-0.15, -0.1) is 0 Å². The van der Waals surface area contributed by atoms with Gasteiger partial charge in [0, 0.05) is 12.6 Å². The van der Waals surface area contributed by atoms with Crippen LogP contribution in [0.4, 0.5) is 5.82 Å². The van der Waals surface area contributed by atoms with Gasteiger partial charge in [0.1, 0.15) is 11.9 Å². The summed E-state index contributed by atoms with van der Waals surface area (Å²) in [6, 6.07) is 1.51. The van der Waals surface area contributed by atoms with Crippen LogP contribution in [0.15, 0.2) is 17.1 Å². The fraction of sp³-hybridized carbons (Fsp3) is 0.600. The fourth-order valence-corrected chi connectivity index (χ4v) is 1.86. The number of rotatable bonds is 2. The SMILES string of the molecule is CC[C@@H]1C[C@@H](O)[C@H](n2ccc(N)nc2=O)O1. The van der Waals surface area contributed by atoms with E-state index in [-0.39, 0.29) is 11.9 Å². The minimum Gasteiger partial charge on any atom is -0.388 e. The maximum atomic E-state index is 11.5. The first kappa shape index (κ1) is 11.1. The number of aliphatic hydroxyl groups excluding tert-OH is 1. The second-order valence-electron chi connectivity index (χ2n) is 3.90. The molecule has 2 rings (SSSR count). The van der Waals surface area contributed by atoms with E-state index >= 15 is 0 Å².